The van der Waals surface area contributed by atoms with Crippen LogP contribution >= 0.6 is 23.2 Å². The van der Waals surface area contributed by atoms with Crippen LogP contribution in [-0.4, -0.2) is 10.8 Å². The molecule has 0 aliphatic heterocycles. The van der Waals surface area contributed by atoms with Crippen molar-refractivity contribution >= 4 is 46.6 Å². The van der Waals surface area contributed by atoms with Crippen LogP contribution in [-0.2, 0) is 4.79 Å². The van der Waals surface area contributed by atoms with Gasteiger partial charge in [0, 0.05) is 16.8 Å². The van der Waals surface area contributed by atoms with Crippen molar-refractivity contribution in [1.82, 2.24) is 0 Å². The molecule has 1 amide bonds. The molecule has 0 fully saturated rings. The molecule has 0 radical (unpaired) electrons. The Morgan fingerprint density at radius 1 is 1.25 bits per heavy atom. The number of amides is 1. The minimum absolute atomic E-state index is 0.0482. The van der Waals surface area contributed by atoms with Gasteiger partial charge in [-0.05, 0) is 35.9 Å². The van der Waals surface area contributed by atoms with Crippen LogP contribution in [0.3, 0.4) is 0 Å². The predicted octanol–water partition coefficient (Wildman–Crippen LogP) is 4.45. The molecule has 8 heteroatoms. The van der Waals surface area contributed by atoms with Crippen LogP contribution in [0.1, 0.15) is 5.56 Å². The number of hydrogen-bond acceptors (Lipinski definition) is 4. The number of nitrogens with one attached hydrogen (secondary N) is 1. The summed E-state index contributed by atoms with van der Waals surface area (Å²) in [5.41, 5.74) is 0.223. The van der Waals surface area contributed by atoms with E-state index in [1.807, 2.05) is 0 Å². The van der Waals surface area contributed by atoms with Gasteiger partial charge in [0.05, 0.1) is 4.92 Å². The molecule has 2 aromatic rings. The molecule has 120 valence electrons. The Morgan fingerprint density at radius 3 is 2.62 bits per heavy atom. The number of rotatable bonds is 4. The smallest absolute Gasteiger partial charge is 0.289 e. The molecule has 0 unspecified atom stereocenters. The molecular weight excluding hydrogens is 353 g/mol. The van der Waals surface area contributed by atoms with Crippen molar-refractivity contribution in [3.8, 4) is 6.07 Å². The third kappa shape index (κ3) is 4.32. The standard InChI is InChI=1S/C16H9Cl2N3O3/c17-12-3-1-2-10(7-12)6-11(9-19)16(22)20-13-4-5-14(18)15(8-13)21(23)24/h1-8H,(H,20,22)/b11-6+. The van der Waals surface area contributed by atoms with Gasteiger partial charge in [-0.1, -0.05) is 35.3 Å². The maximum absolute atomic E-state index is 12.2. The fourth-order valence-electron chi connectivity index (χ4n) is 1.84. The molecule has 0 aliphatic rings. The zero-order chi connectivity index (χ0) is 17.7. The average Bonchev–Trinajstić information content (AvgIpc) is 2.54. The molecule has 0 aromatic heterocycles. The first-order valence-electron chi connectivity index (χ1n) is 6.53. The Labute approximate surface area is 147 Å². The predicted molar refractivity (Wildman–Crippen MR) is 91.8 cm³/mol. The van der Waals surface area contributed by atoms with Gasteiger partial charge in [0.15, 0.2) is 0 Å². The lowest BCUT2D eigenvalue weighted by atomic mass is 10.1. The molecular formula is C16H9Cl2N3O3. The number of nitriles is 1. The summed E-state index contributed by atoms with van der Waals surface area (Å²) in [4.78, 5) is 22.4. The van der Waals surface area contributed by atoms with E-state index in [1.54, 1.807) is 30.3 Å². The Hall–Kier alpha value is -2.88. The minimum Gasteiger partial charge on any atom is -0.321 e. The van der Waals surface area contributed by atoms with Gasteiger partial charge in [-0.3, -0.25) is 14.9 Å². The van der Waals surface area contributed by atoms with Crippen molar-refractivity contribution < 1.29 is 9.72 Å². The number of carbonyl (C=O) groups excluding carboxylic acids is 1. The number of anilines is 1. The van der Waals surface area contributed by atoms with Crippen molar-refractivity contribution in [2.45, 2.75) is 0 Å². The first kappa shape index (κ1) is 17.5. The van der Waals surface area contributed by atoms with E-state index in [0.717, 1.165) is 6.07 Å². The van der Waals surface area contributed by atoms with E-state index < -0.39 is 10.8 Å². The zero-order valence-corrected chi connectivity index (χ0v) is 13.5. The molecule has 0 saturated carbocycles. The summed E-state index contributed by atoms with van der Waals surface area (Å²) in [5, 5.41) is 22.8. The monoisotopic (exact) mass is 361 g/mol. The lowest BCUT2D eigenvalue weighted by Crippen LogP contribution is -2.13. The molecule has 1 N–H and O–H groups in total. The lowest BCUT2D eigenvalue weighted by Gasteiger charge is -2.05. The van der Waals surface area contributed by atoms with Crippen molar-refractivity contribution in [1.29, 1.82) is 5.26 Å². The summed E-state index contributed by atoms with van der Waals surface area (Å²) in [5.74, 6) is -0.700. The van der Waals surface area contributed by atoms with E-state index >= 15 is 0 Å². The molecule has 0 spiro atoms. The van der Waals surface area contributed by atoms with Crippen molar-refractivity contribution in [2.75, 3.05) is 5.32 Å². The van der Waals surface area contributed by atoms with E-state index in [9.17, 15) is 14.9 Å². The average molecular weight is 362 g/mol. The van der Waals surface area contributed by atoms with Gasteiger partial charge < -0.3 is 5.32 Å². The molecule has 0 aliphatic carbocycles. The number of halogens is 2. The summed E-state index contributed by atoms with van der Waals surface area (Å²) in [7, 11) is 0. The maximum Gasteiger partial charge on any atom is 0.289 e. The first-order valence-corrected chi connectivity index (χ1v) is 7.29. The molecule has 2 aromatic carbocycles. The SMILES string of the molecule is N#C/C(=C\c1cccc(Cl)c1)C(=O)Nc1ccc(Cl)c([N+](=O)[O-])c1. The summed E-state index contributed by atoms with van der Waals surface area (Å²) in [6.07, 6.45) is 1.37. The third-order valence-electron chi connectivity index (χ3n) is 2.93. The maximum atomic E-state index is 12.2. The van der Waals surface area contributed by atoms with Gasteiger partial charge >= 0.3 is 0 Å². The van der Waals surface area contributed by atoms with Gasteiger partial charge in [0.2, 0.25) is 0 Å². The highest BCUT2D eigenvalue weighted by molar-refractivity contribution is 6.32. The quantitative estimate of drug-likeness (QED) is 0.376. The van der Waals surface area contributed by atoms with Gasteiger partial charge in [0.25, 0.3) is 11.6 Å². The van der Waals surface area contributed by atoms with Crippen molar-refractivity contribution in [3.05, 3.63) is 73.8 Å². The number of nitro benzene ring substituents is 1. The summed E-state index contributed by atoms with van der Waals surface area (Å²) < 4.78 is 0. The van der Waals surface area contributed by atoms with E-state index in [2.05, 4.69) is 5.32 Å². The van der Waals surface area contributed by atoms with E-state index in [4.69, 9.17) is 28.5 Å². The third-order valence-corrected chi connectivity index (χ3v) is 3.48. The minimum atomic E-state index is -0.700. The highest BCUT2D eigenvalue weighted by Crippen LogP contribution is 2.27. The Bertz CT molecular complexity index is 888. The highest BCUT2D eigenvalue weighted by atomic mass is 35.5. The Balaban J connectivity index is 2.26. The van der Waals surface area contributed by atoms with Crippen LogP contribution in [0.4, 0.5) is 11.4 Å². The van der Waals surface area contributed by atoms with Gasteiger partial charge in [-0.25, -0.2) is 0 Å². The Morgan fingerprint density at radius 2 is 2.00 bits per heavy atom. The lowest BCUT2D eigenvalue weighted by molar-refractivity contribution is -0.384. The summed E-state index contributed by atoms with van der Waals surface area (Å²) in [6, 6.07) is 12.2. The normalized spacial score (nSPS) is 10.8. The number of carbonyl (C=O) groups is 1. The molecule has 0 saturated heterocycles. The zero-order valence-electron chi connectivity index (χ0n) is 12.0. The van der Waals surface area contributed by atoms with Crippen LogP contribution in [0.5, 0.6) is 0 Å². The van der Waals surface area contributed by atoms with Gasteiger partial charge in [-0.2, -0.15) is 5.26 Å². The summed E-state index contributed by atoms with van der Waals surface area (Å²) >= 11 is 11.6. The number of benzene rings is 2. The van der Waals surface area contributed by atoms with Gasteiger partial charge in [-0.15, -0.1) is 0 Å². The van der Waals surface area contributed by atoms with E-state index in [0.29, 0.717) is 10.6 Å². The van der Waals surface area contributed by atoms with E-state index in [1.165, 1.54) is 18.2 Å². The number of nitro groups is 1. The molecule has 2 rings (SSSR count). The molecule has 6 nitrogen and oxygen atoms in total. The first-order chi connectivity index (χ1) is 11.4. The molecule has 0 heterocycles. The molecule has 24 heavy (non-hydrogen) atoms. The number of hydrogen-bond donors (Lipinski definition) is 1. The van der Waals surface area contributed by atoms with Crippen LogP contribution < -0.4 is 5.32 Å². The Kier molecular flexibility index (Phi) is 5.53. The van der Waals surface area contributed by atoms with Crippen LogP contribution in [0.25, 0.3) is 6.08 Å². The molecule has 0 atom stereocenters. The largest absolute Gasteiger partial charge is 0.321 e. The van der Waals surface area contributed by atoms with Crippen molar-refractivity contribution in [2.24, 2.45) is 0 Å². The second kappa shape index (κ2) is 7.59. The van der Waals surface area contributed by atoms with Gasteiger partial charge in [0.1, 0.15) is 16.7 Å². The second-order valence-electron chi connectivity index (χ2n) is 4.60. The van der Waals surface area contributed by atoms with Crippen molar-refractivity contribution in [3.63, 3.8) is 0 Å². The summed E-state index contributed by atoms with van der Waals surface area (Å²) in [6.45, 7) is 0. The van der Waals surface area contributed by atoms with Crippen LogP contribution in [0.2, 0.25) is 10.0 Å². The fraction of sp³-hybridized carbons (Fsp3) is 0. The van der Waals surface area contributed by atoms with Crippen LogP contribution in [0, 0.1) is 21.4 Å². The topological polar surface area (TPSA) is 96.0 Å². The highest BCUT2D eigenvalue weighted by Gasteiger charge is 2.15. The second-order valence-corrected chi connectivity index (χ2v) is 5.45. The number of nitrogens with zero attached hydrogens (tertiary/aromatic N) is 2. The molecule has 0 bridgehead atoms. The van der Waals surface area contributed by atoms with Crippen LogP contribution in [0.15, 0.2) is 48.0 Å². The fourth-order valence-corrected chi connectivity index (χ4v) is 2.23. The van der Waals surface area contributed by atoms with E-state index in [-0.39, 0.29) is 22.0 Å².